The second kappa shape index (κ2) is 7.08. The van der Waals surface area contributed by atoms with Gasteiger partial charge in [-0.25, -0.2) is 4.79 Å². The summed E-state index contributed by atoms with van der Waals surface area (Å²) < 4.78 is 10.4. The van der Waals surface area contributed by atoms with Crippen LogP contribution in [0.25, 0.3) is 0 Å². The Balaban J connectivity index is 2.04. The predicted molar refractivity (Wildman–Crippen MR) is 79.0 cm³/mol. The van der Waals surface area contributed by atoms with E-state index in [2.05, 4.69) is 10.6 Å². The highest BCUT2D eigenvalue weighted by atomic mass is 16.5. The average molecular weight is 292 g/mol. The Morgan fingerprint density at radius 2 is 2.00 bits per heavy atom. The van der Waals surface area contributed by atoms with Crippen LogP contribution in [-0.4, -0.2) is 38.2 Å². The molecule has 0 unspecified atom stereocenters. The number of anilines is 1. The summed E-state index contributed by atoms with van der Waals surface area (Å²) in [6, 6.07) is 4.76. The Hall–Kier alpha value is -2.08. The summed E-state index contributed by atoms with van der Waals surface area (Å²) in [6.07, 6.45) is 1.61. The molecule has 1 fully saturated rings. The average Bonchev–Trinajstić information content (AvgIpc) is 2.48. The zero-order valence-electron chi connectivity index (χ0n) is 12.3. The summed E-state index contributed by atoms with van der Waals surface area (Å²) in [5, 5.41) is 5.63. The summed E-state index contributed by atoms with van der Waals surface area (Å²) in [4.78, 5) is 23.4. The number of amides is 2. The molecular formula is C15H20N2O4. The monoisotopic (exact) mass is 292 g/mol. The molecule has 21 heavy (non-hydrogen) atoms. The fourth-order valence-corrected chi connectivity index (χ4v) is 2.21. The van der Waals surface area contributed by atoms with Gasteiger partial charge in [0.15, 0.2) is 5.78 Å². The van der Waals surface area contributed by atoms with Gasteiger partial charge in [-0.3, -0.25) is 4.79 Å². The smallest absolute Gasteiger partial charge is 0.319 e. The molecule has 114 valence electrons. The van der Waals surface area contributed by atoms with Crippen molar-refractivity contribution >= 4 is 17.5 Å². The standard InChI is InChI=1S/C15H20N2O4/c1-10(18)11-3-4-14(20-2)13(9-11)17-15(19)16-12-5-7-21-8-6-12/h3-4,9,12H,5-8H2,1-2H3,(H2,16,17,19). The number of nitrogens with one attached hydrogen (secondary N) is 2. The first-order valence-electron chi connectivity index (χ1n) is 6.94. The zero-order valence-corrected chi connectivity index (χ0v) is 12.3. The normalized spacial score (nSPS) is 15.3. The number of benzene rings is 1. The summed E-state index contributed by atoms with van der Waals surface area (Å²) in [5.74, 6) is 0.452. The van der Waals surface area contributed by atoms with Gasteiger partial charge in [-0.2, -0.15) is 0 Å². The molecule has 1 aliphatic rings. The van der Waals surface area contributed by atoms with Gasteiger partial charge in [0, 0.05) is 24.8 Å². The number of methoxy groups -OCH3 is 1. The molecule has 6 nitrogen and oxygen atoms in total. The minimum atomic E-state index is -0.305. The van der Waals surface area contributed by atoms with Gasteiger partial charge in [-0.1, -0.05) is 0 Å². The lowest BCUT2D eigenvalue weighted by Gasteiger charge is -2.23. The topological polar surface area (TPSA) is 76.7 Å². The van der Waals surface area contributed by atoms with Crippen molar-refractivity contribution in [3.05, 3.63) is 23.8 Å². The molecule has 1 heterocycles. The lowest BCUT2D eigenvalue weighted by atomic mass is 10.1. The van der Waals surface area contributed by atoms with Crippen LogP contribution in [0.3, 0.4) is 0 Å². The maximum absolute atomic E-state index is 12.0. The van der Waals surface area contributed by atoms with Gasteiger partial charge in [-0.05, 0) is 38.0 Å². The Morgan fingerprint density at radius 3 is 2.62 bits per heavy atom. The molecule has 1 aromatic rings. The summed E-state index contributed by atoms with van der Waals surface area (Å²) in [5.41, 5.74) is 1.01. The molecule has 0 saturated carbocycles. The van der Waals surface area contributed by atoms with Crippen molar-refractivity contribution < 1.29 is 19.1 Å². The van der Waals surface area contributed by atoms with E-state index in [0.29, 0.717) is 30.2 Å². The molecule has 2 N–H and O–H groups in total. The van der Waals surface area contributed by atoms with Crippen LogP contribution in [-0.2, 0) is 4.74 Å². The molecule has 0 radical (unpaired) electrons. The van der Waals surface area contributed by atoms with Crippen LogP contribution >= 0.6 is 0 Å². The van der Waals surface area contributed by atoms with Crippen molar-refractivity contribution in [2.24, 2.45) is 0 Å². The first kappa shape index (κ1) is 15.3. The molecule has 2 rings (SSSR count). The Bertz CT molecular complexity index is 524. The molecule has 1 aromatic carbocycles. The van der Waals surface area contributed by atoms with E-state index in [0.717, 1.165) is 12.8 Å². The first-order valence-corrected chi connectivity index (χ1v) is 6.94. The van der Waals surface area contributed by atoms with Gasteiger partial charge in [0.05, 0.1) is 12.8 Å². The van der Waals surface area contributed by atoms with Crippen molar-refractivity contribution in [1.29, 1.82) is 0 Å². The Morgan fingerprint density at radius 1 is 1.29 bits per heavy atom. The largest absolute Gasteiger partial charge is 0.495 e. The number of Topliss-reactive ketones (excluding diaryl/α,β-unsaturated/α-hetero) is 1. The molecule has 1 aliphatic heterocycles. The minimum Gasteiger partial charge on any atom is -0.495 e. The lowest BCUT2D eigenvalue weighted by molar-refractivity contribution is 0.0806. The Kier molecular flexibility index (Phi) is 5.16. The van der Waals surface area contributed by atoms with E-state index in [-0.39, 0.29) is 17.9 Å². The van der Waals surface area contributed by atoms with Crippen LogP contribution in [0.15, 0.2) is 18.2 Å². The fourth-order valence-electron chi connectivity index (χ4n) is 2.21. The van der Waals surface area contributed by atoms with Crippen molar-refractivity contribution in [1.82, 2.24) is 5.32 Å². The number of carbonyl (C=O) groups excluding carboxylic acids is 2. The van der Waals surface area contributed by atoms with Crippen molar-refractivity contribution in [2.45, 2.75) is 25.8 Å². The lowest BCUT2D eigenvalue weighted by Crippen LogP contribution is -2.41. The van der Waals surface area contributed by atoms with Crippen LogP contribution < -0.4 is 15.4 Å². The SMILES string of the molecule is COc1ccc(C(C)=O)cc1NC(=O)NC1CCOCC1. The molecule has 0 bridgehead atoms. The number of urea groups is 1. The van der Waals surface area contributed by atoms with Gasteiger partial charge in [-0.15, -0.1) is 0 Å². The van der Waals surface area contributed by atoms with E-state index in [1.807, 2.05) is 0 Å². The van der Waals surface area contributed by atoms with E-state index in [9.17, 15) is 9.59 Å². The van der Waals surface area contributed by atoms with E-state index in [4.69, 9.17) is 9.47 Å². The van der Waals surface area contributed by atoms with Crippen LogP contribution in [0.5, 0.6) is 5.75 Å². The van der Waals surface area contributed by atoms with Crippen molar-refractivity contribution in [2.75, 3.05) is 25.6 Å². The fraction of sp³-hybridized carbons (Fsp3) is 0.467. The summed E-state index contributed by atoms with van der Waals surface area (Å²) in [6.45, 7) is 2.80. The molecule has 6 heteroatoms. The highest BCUT2D eigenvalue weighted by Crippen LogP contribution is 2.25. The first-order chi connectivity index (χ1) is 10.1. The summed E-state index contributed by atoms with van der Waals surface area (Å²) >= 11 is 0. The minimum absolute atomic E-state index is 0.0643. The number of carbonyl (C=O) groups is 2. The van der Waals surface area contributed by atoms with Crippen molar-refractivity contribution in [3.63, 3.8) is 0 Å². The third-order valence-corrected chi connectivity index (χ3v) is 3.41. The predicted octanol–water partition coefficient (Wildman–Crippen LogP) is 2.20. The van der Waals surface area contributed by atoms with Gasteiger partial charge < -0.3 is 20.1 Å². The Labute approximate surface area is 123 Å². The quantitative estimate of drug-likeness (QED) is 0.834. The van der Waals surface area contributed by atoms with Crippen molar-refractivity contribution in [3.8, 4) is 5.75 Å². The van der Waals surface area contributed by atoms with Gasteiger partial charge >= 0.3 is 6.03 Å². The molecule has 0 spiro atoms. The third-order valence-electron chi connectivity index (χ3n) is 3.41. The molecule has 0 aromatic heterocycles. The second-order valence-electron chi connectivity index (χ2n) is 4.96. The molecule has 0 aliphatic carbocycles. The van der Waals surface area contributed by atoms with Gasteiger partial charge in [0.1, 0.15) is 5.75 Å². The summed E-state index contributed by atoms with van der Waals surface area (Å²) in [7, 11) is 1.52. The number of ketones is 1. The van der Waals surface area contributed by atoms with Crippen LogP contribution in [0.1, 0.15) is 30.1 Å². The number of hydrogen-bond acceptors (Lipinski definition) is 4. The van der Waals surface area contributed by atoms with E-state index < -0.39 is 0 Å². The molecule has 1 saturated heterocycles. The maximum atomic E-state index is 12.0. The molecular weight excluding hydrogens is 272 g/mol. The molecule has 2 amide bonds. The van der Waals surface area contributed by atoms with Crippen LogP contribution in [0.4, 0.5) is 10.5 Å². The second-order valence-corrected chi connectivity index (χ2v) is 4.96. The highest BCUT2D eigenvalue weighted by molar-refractivity contribution is 5.98. The number of ether oxygens (including phenoxy) is 2. The van der Waals surface area contributed by atoms with E-state index in [1.54, 1.807) is 18.2 Å². The van der Waals surface area contributed by atoms with Gasteiger partial charge in [0.2, 0.25) is 0 Å². The van der Waals surface area contributed by atoms with Gasteiger partial charge in [0.25, 0.3) is 0 Å². The maximum Gasteiger partial charge on any atom is 0.319 e. The number of rotatable bonds is 4. The van der Waals surface area contributed by atoms with E-state index >= 15 is 0 Å². The third kappa shape index (κ3) is 4.19. The van der Waals surface area contributed by atoms with Crippen LogP contribution in [0.2, 0.25) is 0 Å². The van der Waals surface area contributed by atoms with Crippen LogP contribution in [0, 0.1) is 0 Å². The van der Waals surface area contributed by atoms with E-state index in [1.165, 1.54) is 14.0 Å². The zero-order chi connectivity index (χ0) is 15.2. The molecule has 0 atom stereocenters. The number of hydrogen-bond donors (Lipinski definition) is 2. The highest BCUT2D eigenvalue weighted by Gasteiger charge is 2.17.